The first-order chi connectivity index (χ1) is 15.8. The quantitative estimate of drug-likeness (QED) is 0.171. The normalized spacial score (nSPS) is 12.1. The number of benzene rings is 1. The molecule has 0 radical (unpaired) electrons. The summed E-state index contributed by atoms with van der Waals surface area (Å²) in [7, 11) is 1.48. The highest BCUT2D eigenvalue weighted by Gasteiger charge is 2.26. The summed E-state index contributed by atoms with van der Waals surface area (Å²) in [6.45, 7) is 5.96. The Balaban J connectivity index is 1.97. The number of halogens is 1. The molecule has 0 spiro atoms. The Morgan fingerprint density at radius 1 is 1.24 bits per heavy atom. The van der Waals surface area contributed by atoms with E-state index in [-0.39, 0.29) is 0 Å². The third-order valence-electron chi connectivity index (χ3n) is 5.06. The predicted molar refractivity (Wildman–Crippen MR) is 131 cm³/mol. The van der Waals surface area contributed by atoms with Gasteiger partial charge in [0.25, 0.3) is 11.7 Å². The summed E-state index contributed by atoms with van der Waals surface area (Å²) in [5.74, 6) is -1.37. The van der Waals surface area contributed by atoms with Crippen LogP contribution in [0, 0.1) is 13.8 Å². The van der Waals surface area contributed by atoms with Crippen molar-refractivity contribution in [3.05, 3.63) is 88.0 Å². The molecule has 1 amide bonds. The van der Waals surface area contributed by atoms with Gasteiger partial charge in [-0.3, -0.25) is 9.59 Å². The number of hydrogen-bond acceptors (Lipinski definition) is 5. The number of aromatic nitrogens is 2. The fraction of sp³-hybridized carbons (Fsp3) is 0.200. The van der Waals surface area contributed by atoms with Gasteiger partial charge in [0.1, 0.15) is 5.65 Å². The number of aliphatic imine (C=N–C) groups is 1. The minimum absolute atomic E-state index is 0.338. The van der Waals surface area contributed by atoms with E-state index in [1.165, 1.54) is 19.7 Å². The Labute approximate surface area is 197 Å². The molecule has 8 heteroatoms. The molecule has 0 aliphatic rings. The highest BCUT2D eigenvalue weighted by Crippen LogP contribution is 2.27. The van der Waals surface area contributed by atoms with Crippen molar-refractivity contribution in [2.75, 3.05) is 7.11 Å². The summed E-state index contributed by atoms with van der Waals surface area (Å²) in [5.41, 5.74) is 3.99. The second kappa shape index (κ2) is 10.7. The molecule has 0 saturated carbocycles. The molecule has 0 unspecified atom stereocenters. The molecule has 1 N–H and O–H groups in total. The highest BCUT2D eigenvalue weighted by atomic mass is 35.5. The van der Waals surface area contributed by atoms with Gasteiger partial charge in [0.05, 0.1) is 12.7 Å². The van der Waals surface area contributed by atoms with Crippen LogP contribution >= 0.6 is 11.6 Å². The molecule has 0 bridgehead atoms. The van der Waals surface area contributed by atoms with Crippen LogP contribution in [0.1, 0.15) is 34.1 Å². The van der Waals surface area contributed by atoms with Crippen LogP contribution in [0.15, 0.2) is 65.6 Å². The number of pyridine rings is 1. The minimum Gasteiger partial charge on any atom is -0.486 e. The smallest absolute Gasteiger partial charge is 0.296 e. The topological polar surface area (TPSA) is 85.6 Å². The van der Waals surface area contributed by atoms with Gasteiger partial charge in [0, 0.05) is 40.7 Å². The van der Waals surface area contributed by atoms with Gasteiger partial charge in [-0.2, -0.15) is 0 Å². The largest absolute Gasteiger partial charge is 0.486 e. The molecule has 0 aliphatic carbocycles. The van der Waals surface area contributed by atoms with Crippen LogP contribution in [-0.4, -0.2) is 34.8 Å². The number of hydrogen-bond donors (Lipinski definition) is 1. The van der Waals surface area contributed by atoms with Gasteiger partial charge in [-0.1, -0.05) is 29.8 Å². The minimum atomic E-state index is -0.737. The predicted octanol–water partition coefficient (Wildman–Crippen LogP) is 4.75. The maximum absolute atomic E-state index is 13.3. The number of allylic oxidation sites excluding steroid dienone is 2. The van der Waals surface area contributed by atoms with E-state index in [1.807, 2.05) is 48.7 Å². The maximum atomic E-state index is 13.3. The summed E-state index contributed by atoms with van der Waals surface area (Å²) in [6.07, 6.45) is 7.71. The molecule has 3 aromatic rings. The summed E-state index contributed by atoms with van der Waals surface area (Å²) in [4.78, 5) is 34.5. The average Bonchev–Trinajstić information content (AvgIpc) is 3.06. The zero-order valence-corrected chi connectivity index (χ0v) is 19.7. The zero-order valence-electron chi connectivity index (χ0n) is 18.9. The number of carbonyl (C=O) groups excluding carboxylic acids is 2. The molecule has 0 atom stereocenters. The summed E-state index contributed by atoms with van der Waals surface area (Å²) in [6, 6.07) is 9.36. The van der Waals surface area contributed by atoms with Gasteiger partial charge >= 0.3 is 0 Å². The van der Waals surface area contributed by atoms with E-state index in [9.17, 15) is 9.59 Å². The number of nitrogens with one attached hydrogen (secondary N) is 1. The lowest BCUT2D eigenvalue weighted by Crippen LogP contribution is -2.30. The van der Waals surface area contributed by atoms with Gasteiger partial charge in [-0.15, -0.1) is 0 Å². The van der Waals surface area contributed by atoms with Crippen molar-refractivity contribution in [2.45, 2.75) is 27.3 Å². The third-order valence-corrected chi connectivity index (χ3v) is 5.31. The number of Topliss-reactive ketones (excluding diaryl/α,β-unsaturated/α-hetero) is 1. The molecule has 170 valence electrons. The molecule has 33 heavy (non-hydrogen) atoms. The van der Waals surface area contributed by atoms with E-state index < -0.39 is 11.7 Å². The molecule has 0 saturated heterocycles. The van der Waals surface area contributed by atoms with E-state index in [0.29, 0.717) is 39.6 Å². The van der Waals surface area contributed by atoms with E-state index in [2.05, 4.69) is 15.3 Å². The van der Waals surface area contributed by atoms with E-state index in [1.54, 1.807) is 25.3 Å². The number of fused-ring (bicyclic) bond motifs is 1. The van der Waals surface area contributed by atoms with Gasteiger partial charge in [0.2, 0.25) is 0 Å². The number of rotatable bonds is 8. The van der Waals surface area contributed by atoms with Crippen LogP contribution in [0.25, 0.3) is 11.0 Å². The number of ether oxygens (including phenoxy) is 1. The number of nitrogens with zero attached hydrogens (tertiary/aromatic N) is 3. The SMILES string of the molecule is C/C=C(\C=C/N=COC)NC(=O)C(=O)c1c(C)n(Cc2ccc(Cl)cc2)c2ncc(C)cc12. The first-order valence-corrected chi connectivity index (χ1v) is 10.7. The molecule has 3 rings (SSSR count). The van der Waals surface area contributed by atoms with Gasteiger partial charge in [-0.05, 0) is 56.2 Å². The number of carbonyl (C=O) groups is 2. The van der Waals surface area contributed by atoms with Crippen LogP contribution in [0.5, 0.6) is 0 Å². The Kier molecular flexibility index (Phi) is 7.79. The van der Waals surface area contributed by atoms with Gasteiger partial charge < -0.3 is 14.6 Å². The van der Waals surface area contributed by atoms with Crippen molar-refractivity contribution < 1.29 is 14.3 Å². The van der Waals surface area contributed by atoms with E-state index in [4.69, 9.17) is 16.3 Å². The van der Waals surface area contributed by atoms with E-state index in [0.717, 1.165) is 11.1 Å². The Hall–Kier alpha value is -3.71. The zero-order chi connectivity index (χ0) is 24.0. The lowest BCUT2D eigenvalue weighted by Gasteiger charge is -2.09. The third kappa shape index (κ3) is 5.56. The lowest BCUT2D eigenvalue weighted by molar-refractivity contribution is -0.116. The maximum Gasteiger partial charge on any atom is 0.296 e. The first-order valence-electron chi connectivity index (χ1n) is 10.3. The van der Waals surface area contributed by atoms with Crippen molar-refractivity contribution in [1.82, 2.24) is 14.9 Å². The molecule has 2 aromatic heterocycles. The Bertz CT molecular complexity index is 1270. The molecule has 0 fully saturated rings. The molecule has 2 heterocycles. The first kappa shape index (κ1) is 23.9. The van der Waals surface area contributed by atoms with Crippen molar-refractivity contribution in [3.8, 4) is 0 Å². The Morgan fingerprint density at radius 3 is 2.64 bits per heavy atom. The summed E-state index contributed by atoms with van der Waals surface area (Å²) >= 11 is 6.01. The van der Waals surface area contributed by atoms with Gasteiger partial charge in [-0.25, -0.2) is 9.98 Å². The van der Waals surface area contributed by atoms with Crippen LogP contribution in [-0.2, 0) is 16.1 Å². The van der Waals surface area contributed by atoms with Crippen LogP contribution in [0.3, 0.4) is 0 Å². The summed E-state index contributed by atoms with van der Waals surface area (Å²) < 4.78 is 6.67. The number of methoxy groups -OCH3 is 1. The lowest BCUT2D eigenvalue weighted by atomic mass is 10.1. The van der Waals surface area contributed by atoms with Crippen LogP contribution in [0.2, 0.25) is 5.02 Å². The van der Waals surface area contributed by atoms with Crippen molar-refractivity contribution in [1.29, 1.82) is 0 Å². The molecule has 1 aromatic carbocycles. The summed E-state index contributed by atoms with van der Waals surface area (Å²) in [5, 5.41) is 3.93. The number of aryl methyl sites for hydroxylation is 1. The fourth-order valence-electron chi connectivity index (χ4n) is 3.43. The van der Waals surface area contributed by atoms with Crippen LogP contribution in [0.4, 0.5) is 0 Å². The highest BCUT2D eigenvalue weighted by molar-refractivity contribution is 6.45. The van der Waals surface area contributed by atoms with Crippen molar-refractivity contribution >= 4 is 40.7 Å². The monoisotopic (exact) mass is 464 g/mol. The Morgan fingerprint density at radius 2 is 1.97 bits per heavy atom. The average molecular weight is 465 g/mol. The van der Waals surface area contributed by atoms with E-state index >= 15 is 0 Å². The van der Waals surface area contributed by atoms with Crippen molar-refractivity contribution in [3.63, 3.8) is 0 Å². The number of ketones is 1. The molecule has 7 nitrogen and oxygen atoms in total. The standard InChI is InChI=1S/C25H25ClN4O3/c1-5-20(10-11-27-15-33-4)29-25(32)23(31)22-17(3)30(14-18-6-8-19(26)9-7-18)24-21(22)12-16(2)13-28-24/h5-13,15H,14H2,1-4H3,(H,29,32)/b11-10-,20-5+,27-15?. The van der Waals surface area contributed by atoms with Crippen molar-refractivity contribution in [2.24, 2.45) is 4.99 Å². The fourth-order valence-corrected chi connectivity index (χ4v) is 3.56. The second-order valence-electron chi connectivity index (χ2n) is 7.39. The second-order valence-corrected chi connectivity index (χ2v) is 7.83. The number of amides is 1. The van der Waals surface area contributed by atoms with Crippen LogP contribution < -0.4 is 5.32 Å². The van der Waals surface area contributed by atoms with Gasteiger partial charge in [0.15, 0.2) is 6.40 Å². The molecular formula is C25H25ClN4O3. The molecular weight excluding hydrogens is 440 g/mol. The molecule has 0 aliphatic heterocycles.